The van der Waals surface area contributed by atoms with Crippen molar-refractivity contribution in [3.05, 3.63) is 101 Å². The Balaban J connectivity index is 1.79. The topological polar surface area (TPSA) is 41.1 Å². The molecule has 4 heteroatoms. The van der Waals surface area contributed by atoms with Crippen LogP contribution in [0, 0.1) is 13.8 Å². The summed E-state index contributed by atoms with van der Waals surface area (Å²) in [4.78, 5) is 13.0. The fourth-order valence-corrected chi connectivity index (χ4v) is 3.29. The monoisotopic (exact) mass is 374 g/mol. The third kappa shape index (κ3) is 4.80. The van der Waals surface area contributed by atoms with Crippen molar-refractivity contribution >= 4 is 28.9 Å². The quantitative estimate of drug-likeness (QED) is 0.635. The summed E-state index contributed by atoms with van der Waals surface area (Å²) in [6.45, 7) is 4.05. The van der Waals surface area contributed by atoms with E-state index in [0.717, 1.165) is 22.4 Å². The van der Waals surface area contributed by atoms with E-state index in [4.69, 9.17) is 12.2 Å². The first-order valence-corrected chi connectivity index (χ1v) is 9.24. The molecule has 2 N–H and O–H groups in total. The van der Waals surface area contributed by atoms with E-state index in [-0.39, 0.29) is 5.91 Å². The van der Waals surface area contributed by atoms with Gasteiger partial charge in [-0.3, -0.25) is 4.79 Å². The number of aryl methyl sites for hydroxylation is 2. The summed E-state index contributed by atoms with van der Waals surface area (Å²) in [5.41, 5.74) is 5.00. The molecule has 27 heavy (non-hydrogen) atoms. The molecule has 3 rings (SSSR count). The summed E-state index contributed by atoms with van der Waals surface area (Å²) in [6.07, 6.45) is 0. The molecule has 0 saturated carbocycles. The van der Waals surface area contributed by atoms with E-state index in [1.165, 1.54) is 5.56 Å². The van der Waals surface area contributed by atoms with Crippen LogP contribution in [0.1, 0.15) is 28.2 Å². The minimum Gasteiger partial charge on any atom is -0.332 e. The largest absolute Gasteiger partial charge is 0.332 e. The highest BCUT2D eigenvalue weighted by Gasteiger charge is 2.23. The first-order chi connectivity index (χ1) is 13.0. The van der Waals surface area contributed by atoms with Crippen LogP contribution in [0.25, 0.3) is 0 Å². The summed E-state index contributed by atoms with van der Waals surface area (Å²) < 4.78 is 0. The molecule has 136 valence electrons. The highest BCUT2D eigenvalue weighted by Crippen LogP contribution is 2.25. The van der Waals surface area contributed by atoms with Crippen molar-refractivity contribution in [2.45, 2.75) is 19.8 Å². The van der Waals surface area contributed by atoms with Crippen molar-refractivity contribution in [1.82, 2.24) is 5.32 Å². The van der Waals surface area contributed by atoms with E-state index < -0.39 is 5.92 Å². The van der Waals surface area contributed by atoms with Gasteiger partial charge in [0.1, 0.15) is 0 Å². The molecule has 0 fully saturated rings. The molecule has 0 aliphatic carbocycles. The van der Waals surface area contributed by atoms with Crippen molar-refractivity contribution in [2.24, 2.45) is 0 Å². The van der Waals surface area contributed by atoms with Crippen molar-refractivity contribution in [3.8, 4) is 0 Å². The number of hydrogen-bond acceptors (Lipinski definition) is 2. The number of hydrogen-bond donors (Lipinski definition) is 2. The van der Waals surface area contributed by atoms with Crippen LogP contribution in [0.4, 0.5) is 5.69 Å². The summed E-state index contributed by atoms with van der Waals surface area (Å²) >= 11 is 5.38. The molecule has 0 aliphatic heterocycles. The summed E-state index contributed by atoms with van der Waals surface area (Å²) in [6, 6.07) is 25.5. The van der Waals surface area contributed by atoms with E-state index in [1.54, 1.807) is 0 Å². The number of nitrogens with one attached hydrogen (secondary N) is 2. The number of amides is 1. The van der Waals surface area contributed by atoms with Gasteiger partial charge in [-0.15, -0.1) is 0 Å². The average molecular weight is 375 g/mol. The van der Waals surface area contributed by atoms with Crippen molar-refractivity contribution in [1.29, 1.82) is 0 Å². The number of thiocarbonyl (C=S) groups is 1. The minimum absolute atomic E-state index is 0.158. The van der Waals surface area contributed by atoms with E-state index in [1.807, 2.05) is 86.6 Å². The van der Waals surface area contributed by atoms with Crippen LogP contribution in [0.2, 0.25) is 0 Å². The maximum Gasteiger partial charge on any atom is 0.238 e. The van der Waals surface area contributed by atoms with E-state index in [2.05, 4.69) is 16.7 Å². The summed E-state index contributed by atoms with van der Waals surface area (Å²) in [5.74, 6) is -0.582. The van der Waals surface area contributed by atoms with E-state index in [0.29, 0.717) is 5.11 Å². The Morgan fingerprint density at radius 2 is 1.41 bits per heavy atom. The Morgan fingerprint density at radius 3 is 1.93 bits per heavy atom. The fourth-order valence-electron chi connectivity index (χ4n) is 3.08. The normalized spacial score (nSPS) is 10.5. The highest BCUT2D eigenvalue weighted by molar-refractivity contribution is 7.80. The Bertz CT molecular complexity index is 900. The molecule has 0 spiro atoms. The third-order valence-electron chi connectivity index (χ3n) is 4.39. The summed E-state index contributed by atoms with van der Waals surface area (Å²) in [7, 11) is 0. The second-order valence-corrected chi connectivity index (χ2v) is 6.92. The van der Waals surface area contributed by atoms with Crippen LogP contribution in [0.15, 0.2) is 78.9 Å². The Labute approximate surface area is 165 Å². The lowest BCUT2D eigenvalue weighted by molar-refractivity contribution is -0.120. The van der Waals surface area contributed by atoms with Gasteiger partial charge in [0.2, 0.25) is 5.91 Å². The van der Waals surface area contributed by atoms with Crippen molar-refractivity contribution < 1.29 is 4.79 Å². The van der Waals surface area contributed by atoms with Gasteiger partial charge in [0.25, 0.3) is 0 Å². The molecule has 3 aromatic rings. The smallest absolute Gasteiger partial charge is 0.238 e. The highest BCUT2D eigenvalue weighted by atomic mass is 32.1. The van der Waals surface area contributed by atoms with Gasteiger partial charge in [-0.05, 0) is 48.8 Å². The Kier molecular flexibility index (Phi) is 5.99. The van der Waals surface area contributed by atoms with Crippen LogP contribution in [0.3, 0.4) is 0 Å². The molecule has 0 radical (unpaired) electrons. The SMILES string of the molecule is Cc1ccc(NC(=S)NC(=O)C(c2ccccc2)c2ccccc2)c(C)c1. The number of carbonyl (C=O) groups is 1. The summed E-state index contributed by atoms with van der Waals surface area (Å²) in [5, 5.41) is 6.27. The number of benzene rings is 3. The van der Waals surface area contributed by atoms with Crippen LogP contribution < -0.4 is 10.6 Å². The molecular weight excluding hydrogens is 352 g/mol. The van der Waals surface area contributed by atoms with Gasteiger partial charge >= 0.3 is 0 Å². The van der Waals surface area contributed by atoms with Gasteiger partial charge in [-0.1, -0.05) is 78.4 Å². The lowest BCUT2D eigenvalue weighted by Gasteiger charge is -2.19. The first kappa shape index (κ1) is 18.8. The zero-order chi connectivity index (χ0) is 19.2. The number of anilines is 1. The molecule has 0 aliphatic rings. The first-order valence-electron chi connectivity index (χ1n) is 8.83. The molecule has 0 aromatic heterocycles. The maximum absolute atomic E-state index is 13.0. The van der Waals surface area contributed by atoms with Crippen molar-refractivity contribution in [3.63, 3.8) is 0 Å². The molecule has 3 aromatic carbocycles. The predicted octanol–water partition coefficient (Wildman–Crippen LogP) is 4.95. The van der Waals surface area contributed by atoms with E-state index >= 15 is 0 Å². The number of rotatable bonds is 4. The molecular formula is C23H22N2OS. The molecule has 3 nitrogen and oxygen atoms in total. The van der Waals surface area contributed by atoms with Gasteiger partial charge in [0, 0.05) is 5.69 Å². The standard InChI is InChI=1S/C23H22N2OS/c1-16-13-14-20(17(2)15-16)24-23(27)25-22(26)21(18-9-5-3-6-10-18)19-11-7-4-8-12-19/h3-15,21H,1-2H3,(H2,24,25,26,27). The zero-order valence-electron chi connectivity index (χ0n) is 15.4. The van der Waals surface area contributed by atoms with E-state index in [9.17, 15) is 4.79 Å². The van der Waals surface area contributed by atoms with Gasteiger partial charge < -0.3 is 10.6 Å². The lowest BCUT2D eigenvalue weighted by atomic mass is 9.90. The molecule has 0 bridgehead atoms. The maximum atomic E-state index is 13.0. The number of carbonyl (C=O) groups excluding carboxylic acids is 1. The molecule has 0 saturated heterocycles. The van der Waals surface area contributed by atoms with Gasteiger partial charge in [-0.2, -0.15) is 0 Å². The fraction of sp³-hybridized carbons (Fsp3) is 0.130. The van der Waals surface area contributed by atoms with Gasteiger partial charge in [-0.25, -0.2) is 0 Å². The molecule has 0 unspecified atom stereocenters. The van der Waals surface area contributed by atoms with Gasteiger partial charge in [0.05, 0.1) is 5.92 Å². The minimum atomic E-state index is -0.425. The molecule has 1 amide bonds. The second kappa shape index (κ2) is 8.60. The Hall–Kier alpha value is -2.98. The average Bonchev–Trinajstić information content (AvgIpc) is 2.66. The van der Waals surface area contributed by atoms with Crippen LogP contribution in [-0.2, 0) is 4.79 Å². The zero-order valence-corrected chi connectivity index (χ0v) is 16.2. The van der Waals surface area contributed by atoms with Crippen LogP contribution >= 0.6 is 12.2 Å². The van der Waals surface area contributed by atoms with Crippen LogP contribution in [0.5, 0.6) is 0 Å². The second-order valence-electron chi connectivity index (χ2n) is 6.52. The molecule has 0 atom stereocenters. The Morgan fingerprint density at radius 1 is 0.852 bits per heavy atom. The van der Waals surface area contributed by atoms with Gasteiger partial charge in [0.15, 0.2) is 5.11 Å². The lowest BCUT2D eigenvalue weighted by Crippen LogP contribution is -2.38. The van der Waals surface area contributed by atoms with Crippen molar-refractivity contribution in [2.75, 3.05) is 5.32 Å². The molecule has 0 heterocycles. The third-order valence-corrected chi connectivity index (χ3v) is 4.60. The van der Waals surface area contributed by atoms with Crippen LogP contribution in [-0.4, -0.2) is 11.0 Å². The predicted molar refractivity (Wildman–Crippen MR) is 115 cm³/mol.